The summed E-state index contributed by atoms with van der Waals surface area (Å²) in [5, 5.41) is 3.33. The monoisotopic (exact) mass is 247 g/mol. The number of hydrogen-bond donors (Lipinski definition) is 1. The maximum Gasteiger partial charge on any atom is 0.117 e. The summed E-state index contributed by atoms with van der Waals surface area (Å²) in [4.78, 5) is 0. The SMILES string of the molecule is C=CCSCCNCc1ccc(C)o1.Cl. The van der Waals surface area contributed by atoms with Crippen molar-refractivity contribution < 1.29 is 4.42 Å². The van der Waals surface area contributed by atoms with Gasteiger partial charge in [0, 0.05) is 18.1 Å². The number of halogens is 1. The van der Waals surface area contributed by atoms with E-state index in [1.807, 2.05) is 36.9 Å². The summed E-state index contributed by atoms with van der Waals surface area (Å²) < 4.78 is 5.43. The highest BCUT2D eigenvalue weighted by molar-refractivity contribution is 7.99. The first-order chi connectivity index (χ1) is 6.83. The normalized spacial score (nSPS) is 9.67. The number of furan rings is 1. The lowest BCUT2D eigenvalue weighted by molar-refractivity contribution is 0.466. The van der Waals surface area contributed by atoms with E-state index in [-0.39, 0.29) is 12.4 Å². The summed E-state index contributed by atoms with van der Waals surface area (Å²) in [6.07, 6.45) is 1.93. The third kappa shape index (κ3) is 6.66. The summed E-state index contributed by atoms with van der Waals surface area (Å²) in [6, 6.07) is 4.00. The Morgan fingerprint density at radius 3 is 2.93 bits per heavy atom. The van der Waals surface area contributed by atoms with E-state index in [4.69, 9.17) is 4.42 Å². The standard InChI is InChI=1S/C11H17NOS.ClH/c1-3-7-14-8-6-12-9-11-5-4-10(2)13-11;/h3-5,12H,1,6-9H2,2H3;1H. The Balaban J connectivity index is 0.00000196. The molecule has 0 aliphatic rings. The van der Waals surface area contributed by atoms with Crippen molar-refractivity contribution in [3.8, 4) is 0 Å². The van der Waals surface area contributed by atoms with Crippen molar-refractivity contribution >= 4 is 24.2 Å². The molecular weight excluding hydrogens is 230 g/mol. The van der Waals surface area contributed by atoms with E-state index in [2.05, 4.69) is 11.9 Å². The van der Waals surface area contributed by atoms with Crippen molar-refractivity contribution in [2.24, 2.45) is 0 Å². The average molecular weight is 248 g/mol. The molecule has 1 aromatic rings. The summed E-state index contributed by atoms with van der Waals surface area (Å²) in [5.74, 6) is 4.13. The first-order valence-electron chi connectivity index (χ1n) is 4.77. The van der Waals surface area contributed by atoms with Gasteiger partial charge in [-0.15, -0.1) is 19.0 Å². The largest absolute Gasteiger partial charge is 0.465 e. The van der Waals surface area contributed by atoms with E-state index in [1.165, 1.54) is 0 Å². The van der Waals surface area contributed by atoms with Crippen LogP contribution in [0.3, 0.4) is 0 Å². The molecule has 1 N–H and O–H groups in total. The zero-order chi connectivity index (χ0) is 10.2. The molecule has 0 aromatic carbocycles. The van der Waals surface area contributed by atoms with E-state index >= 15 is 0 Å². The molecule has 0 radical (unpaired) electrons. The third-order valence-corrected chi connectivity index (χ3v) is 2.72. The molecule has 15 heavy (non-hydrogen) atoms. The summed E-state index contributed by atoms with van der Waals surface area (Å²) in [7, 11) is 0. The molecule has 86 valence electrons. The Hall–Kier alpha value is -0.380. The van der Waals surface area contributed by atoms with Gasteiger partial charge in [-0.3, -0.25) is 0 Å². The smallest absolute Gasteiger partial charge is 0.117 e. The fourth-order valence-corrected chi connectivity index (χ4v) is 1.72. The number of nitrogens with one attached hydrogen (secondary N) is 1. The summed E-state index contributed by atoms with van der Waals surface area (Å²) >= 11 is 1.88. The van der Waals surface area contributed by atoms with Crippen molar-refractivity contribution in [1.82, 2.24) is 5.32 Å². The maximum atomic E-state index is 5.43. The first-order valence-corrected chi connectivity index (χ1v) is 5.93. The maximum absolute atomic E-state index is 5.43. The second-order valence-electron chi connectivity index (χ2n) is 3.05. The fraction of sp³-hybridized carbons (Fsp3) is 0.455. The van der Waals surface area contributed by atoms with Gasteiger partial charge >= 0.3 is 0 Å². The van der Waals surface area contributed by atoms with Gasteiger partial charge in [-0.25, -0.2) is 0 Å². The Bertz CT molecular complexity index is 275. The van der Waals surface area contributed by atoms with E-state index in [9.17, 15) is 0 Å². The molecule has 4 heteroatoms. The first kappa shape index (κ1) is 14.6. The van der Waals surface area contributed by atoms with Crippen molar-refractivity contribution in [2.45, 2.75) is 13.5 Å². The van der Waals surface area contributed by atoms with Gasteiger partial charge < -0.3 is 9.73 Å². The molecular formula is C11H18ClNOS. The van der Waals surface area contributed by atoms with E-state index in [0.717, 1.165) is 36.1 Å². The van der Waals surface area contributed by atoms with Crippen LogP contribution in [0.4, 0.5) is 0 Å². The predicted octanol–water partition coefficient (Wildman–Crippen LogP) is 3.02. The van der Waals surface area contributed by atoms with Gasteiger partial charge in [-0.05, 0) is 19.1 Å². The minimum atomic E-state index is 0. The molecule has 0 spiro atoms. The Labute approximate surface area is 102 Å². The zero-order valence-corrected chi connectivity index (χ0v) is 10.6. The van der Waals surface area contributed by atoms with Gasteiger partial charge in [-0.2, -0.15) is 11.8 Å². The lowest BCUT2D eigenvalue weighted by Crippen LogP contribution is -2.16. The van der Waals surface area contributed by atoms with Crippen LogP contribution in [0, 0.1) is 6.92 Å². The van der Waals surface area contributed by atoms with Gasteiger partial charge in [0.1, 0.15) is 11.5 Å². The lowest BCUT2D eigenvalue weighted by Gasteiger charge is -2.01. The molecule has 0 atom stereocenters. The quantitative estimate of drug-likeness (QED) is 0.592. The van der Waals surface area contributed by atoms with Crippen molar-refractivity contribution in [1.29, 1.82) is 0 Å². The second-order valence-corrected chi connectivity index (χ2v) is 4.20. The van der Waals surface area contributed by atoms with Crippen LogP contribution in [0.5, 0.6) is 0 Å². The van der Waals surface area contributed by atoms with Gasteiger partial charge in [0.05, 0.1) is 6.54 Å². The zero-order valence-electron chi connectivity index (χ0n) is 8.99. The molecule has 0 saturated heterocycles. The van der Waals surface area contributed by atoms with Crippen LogP contribution in [-0.4, -0.2) is 18.1 Å². The predicted molar refractivity (Wildman–Crippen MR) is 69.9 cm³/mol. The van der Waals surface area contributed by atoms with Gasteiger partial charge in [0.15, 0.2) is 0 Å². The Morgan fingerprint density at radius 1 is 1.53 bits per heavy atom. The van der Waals surface area contributed by atoms with Gasteiger partial charge in [-0.1, -0.05) is 6.08 Å². The minimum absolute atomic E-state index is 0. The number of hydrogen-bond acceptors (Lipinski definition) is 3. The van der Waals surface area contributed by atoms with Gasteiger partial charge in [0.25, 0.3) is 0 Å². The molecule has 0 unspecified atom stereocenters. The van der Waals surface area contributed by atoms with Crippen LogP contribution in [0.15, 0.2) is 29.2 Å². The molecule has 0 aliphatic carbocycles. The molecule has 1 rings (SSSR count). The van der Waals surface area contributed by atoms with Crippen molar-refractivity contribution in [2.75, 3.05) is 18.1 Å². The molecule has 0 amide bonds. The van der Waals surface area contributed by atoms with Crippen LogP contribution in [0.1, 0.15) is 11.5 Å². The number of rotatable bonds is 7. The molecule has 2 nitrogen and oxygen atoms in total. The topological polar surface area (TPSA) is 25.2 Å². The fourth-order valence-electron chi connectivity index (χ4n) is 1.10. The van der Waals surface area contributed by atoms with Gasteiger partial charge in [0.2, 0.25) is 0 Å². The minimum Gasteiger partial charge on any atom is -0.465 e. The van der Waals surface area contributed by atoms with E-state index < -0.39 is 0 Å². The average Bonchev–Trinajstić information content (AvgIpc) is 2.58. The van der Waals surface area contributed by atoms with Crippen LogP contribution < -0.4 is 5.32 Å². The summed E-state index contributed by atoms with van der Waals surface area (Å²) in [6.45, 7) is 7.47. The highest BCUT2D eigenvalue weighted by Gasteiger charge is 1.96. The molecule has 0 bridgehead atoms. The molecule has 1 heterocycles. The van der Waals surface area contributed by atoms with E-state index in [1.54, 1.807) is 0 Å². The van der Waals surface area contributed by atoms with Crippen LogP contribution in [0.25, 0.3) is 0 Å². The Morgan fingerprint density at radius 2 is 2.33 bits per heavy atom. The van der Waals surface area contributed by atoms with E-state index in [0.29, 0.717) is 0 Å². The third-order valence-electron chi connectivity index (χ3n) is 1.75. The van der Waals surface area contributed by atoms with Crippen molar-refractivity contribution in [3.63, 3.8) is 0 Å². The molecule has 0 aliphatic heterocycles. The van der Waals surface area contributed by atoms with Crippen molar-refractivity contribution in [3.05, 3.63) is 36.3 Å². The number of thioether (sulfide) groups is 1. The highest BCUT2D eigenvalue weighted by Crippen LogP contribution is 2.05. The number of aryl methyl sites for hydroxylation is 1. The van der Waals surface area contributed by atoms with Crippen LogP contribution >= 0.6 is 24.2 Å². The molecule has 0 saturated carbocycles. The molecule has 1 aromatic heterocycles. The van der Waals surface area contributed by atoms with Crippen LogP contribution in [-0.2, 0) is 6.54 Å². The Kier molecular flexibility index (Phi) is 8.67. The molecule has 0 fully saturated rings. The van der Waals surface area contributed by atoms with Crippen LogP contribution in [0.2, 0.25) is 0 Å². The second kappa shape index (κ2) is 8.89. The lowest BCUT2D eigenvalue weighted by atomic mass is 10.4. The summed E-state index contributed by atoms with van der Waals surface area (Å²) in [5.41, 5.74) is 0. The highest BCUT2D eigenvalue weighted by atomic mass is 35.5.